The number of nitrogens with two attached hydrogens (primary N) is 2. The molecule has 192 valence electrons. The van der Waals surface area contributed by atoms with E-state index < -0.39 is 82.1 Å². The number of aromatic hydroxyl groups is 1. The van der Waals surface area contributed by atoms with Crippen LogP contribution in [0.3, 0.4) is 0 Å². The molecule has 36 heavy (non-hydrogen) atoms. The Balaban J connectivity index is 1.94. The molecule has 1 aromatic carbocycles. The number of likely N-dealkylation sites (N-methyl/N-ethyl adjacent to an activating group) is 1. The average Bonchev–Trinajstić information content (AvgIpc) is 2.77. The highest BCUT2D eigenvalue weighted by Crippen LogP contribution is 2.55. The number of carbonyl (C=O) groups excluding carboxylic acids is 5. The van der Waals surface area contributed by atoms with Gasteiger partial charge in [-0.25, -0.2) is 0 Å². The van der Waals surface area contributed by atoms with Crippen molar-refractivity contribution in [3.63, 3.8) is 0 Å². The van der Waals surface area contributed by atoms with Crippen LogP contribution in [0.2, 0.25) is 0 Å². The third-order valence-electron chi connectivity index (χ3n) is 7.75. The predicted molar refractivity (Wildman–Crippen MR) is 128 cm³/mol. The van der Waals surface area contributed by atoms with E-state index in [0.717, 1.165) is 0 Å². The molecular formula is C23H26N4O8S. The number of nitrogens with one attached hydrogen (secondary N) is 1. The van der Waals surface area contributed by atoms with Crippen LogP contribution in [-0.4, -0.2) is 86.2 Å². The Kier molecular flexibility index (Phi) is 6.03. The maximum Gasteiger partial charge on any atom is 0.235 e. The Hall–Kier alpha value is -3.26. The van der Waals surface area contributed by atoms with Crippen LogP contribution in [0.4, 0.5) is 5.69 Å². The van der Waals surface area contributed by atoms with Gasteiger partial charge < -0.3 is 32.1 Å². The second-order valence-electron chi connectivity index (χ2n) is 9.78. The molecule has 0 aliphatic heterocycles. The van der Waals surface area contributed by atoms with Gasteiger partial charge in [0, 0.05) is 5.92 Å². The highest BCUT2D eigenvalue weighted by atomic mass is 32.1. The largest absolute Gasteiger partial charge is 0.505 e. The fourth-order valence-electron chi connectivity index (χ4n) is 6.22. The van der Waals surface area contributed by atoms with E-state index >= 15 is 0 Å². The van der Waals surface area contributed by atoms with Gasteiger partial charge >= 0.3 is 0 Å². The maximum absolute atomic E-state index is 13.8. The zero-order chi connectivity index (χ0) is 27.0. The van der Waals surface area contributed by atoms with Gasteiger partial charge in [0.2, 0.25) is 5.91 Å². The monoisotopic (exact) mass is 518 g/mol. The molecule has 0 bridgehead atoms. The number of primary amides is 1. The summed E-state index contributed by atoms with van der Waals surface area (Å²) in [7, 11) is 2.86. The number of nitrogens with zero attached hydrogens (tertiary/aromatic N) is 1. The third-order valence-corrected chi connectivity index (χ3v) is 7.85. The Morgan fingerprint density at radius 3 is 2.28 bits per heavy atom. The van der Waals surface area contributed by atoms with Crippen LogP contribution < -0.4 is 16.8 Å². The molecule has 8 atom stereocenters. The average molecular weight is 519 g/mol. The summed E-state index contributed by atoms with van der Waals surface area (Å²) in [6, 6.07) is 1.52. The van der Waals surface area contributed by atoms with E-state index in [-0.39, 0.29) is 16.4 Å². The number of rotatable bonds is 3. The molecule has 0 saturated heterocycles. The second-order valence-corrected chi connectivity index (χ2v) is 10.2. The van der Waals surface area contributed by atoms with E-state index in [9.17, 15) is 39.3 Å². The van der Waals surface area contributed by atoms with Gasteiger partial charge in [0.05, 0.1) is 35.2 Å². The smallest absolute Gasteiger partial charge is 0.235 e. The Labute approximate surface area is 210 Å². The van der Waals surface area contributed by atoms with Gasteiger partial charge in [-0.15, -0.1) is 0 Å². The van der Waals surface area contributed by atoms with Gasteiger partial charge in [-0.05, 0) is 43.9 Å². The van der Waals surface area contributed by atoms with Crippen LogP contribution in [0.5, 0.6) is 5.75 Å². The fourth-order valence-corrected chi connectivity index (χ4v) is 6.33. The number of thiocarbonyl (C=S) groups is 1. The van der Waals surface area contributed by atoms with E-state index in [1.54, 1.807) is 6.92 Å². The number of benzene rings is 1. The number of hydrogen-bond donors (Lipinski definition) is 6. The lowest BCUT2D eigenvalue weighted by atomic mass is 9.49. The van der Waals surface area contributed by atoms with E-state index in [4.69, 9.17) is 23.7 Å². The van der Waals surface area contributed by atoms with Crippen molar-refractivity contribution in [3.8, 4) is 5.75 Å². The number of Topliss-reactive ketones (excluding diaryl/α,β-unsaturated/α-hetero) is 4. The zero-order valence-electron chi connectivity index (χ0n) is 19.6. The molecule has 3 aliphatic carbocycles. The van der Waals surface area contributed by atoms with Crippen LogP contribution >= 0.6 is 12.2 Å². The van der Waals surface area contributed by atoms with Crippen molar-refractivity contribution in [2.45, 2.75) is 30.6 Å². The summed E-state index contributed by atoms with van der Waals surface area (Å²) in [5.41, 5.74) is 7.77. The molecule has 2 saturated carbocycles. The lowest BCUT2D eigenvalue weighted by Crippen LogP contribution is -2.77. The number of phenols is 1. The lowest BCUT2D eigenvalue weighted by Gasteiger charge is -2.56. The number of hydrogen-bond acceptors (Lipinski definition) is 10. The molecule has 0 heterocycles. The first kappa shape index (κ1) is 25.8. The Morgan fingerprint density at radius 2 is 1.75 bits per heavy atom. The number of phenolic OH excluding ortho intramolecular Hbond substituents is 1. The normalized spacial score (nSPS) is 35.7. The second kappa shape index (κ2) is 8.40. The highest BCUT2D eigenvalue weighted by molar-refractivity contribution is 7.80. The van der Waals surface area contributed by atoms with Gasteiger partial charge in [-0.1, -0.05) is 13.0 Å². The van der Waals surface area contributed by atoms with Gasteiger partial charge in [-0.2, -0.15) is 0 Å². The summed E-state index contributed by atoms with van der Waals surface area (Å²) >= 11 is 4.78. The van der Waals surface area contributed by atoms with Crippen LogP contribution in [0.25, 0.3) is 0 Å². The minimum absolute atomic E-state index is 0.00134. The van der Waals surface area contributed by atoms with Gasteiger partial charge in [0.1, 0.15) is 5.75 Å². The lowest BCUT2D eigenvalue weighted by molar-refractivity contribution is -0.196. The Bertz CT molecular complexity index is 1250. The summed E-state index contributed by atoms with van der Waals surface area (Å²) in [5.74, 6) is -13.9. The zero-order valence-corrected chi connectivity index (χ0v) is 20.4. The van der Waals surface area contributed by atoms with Crippen molar-refractivity contribution in [2.75, 3.05) is 19.4 Å². The van der Waals surface area contributed by atoms with Crippen LogP contribution in [-0.2, 0) is 19.2 Å². The third kappa shape index (κ3) is 3.23. The van der Waals surface area contributed by atoms with Gasteiger partial charge in [0.15, 0.2) is 39.8 Å². The molecular weight excluding hydrogens is 492 g/mol. The molecule has 2 fully saturated rings. The summed E-state index contributed by atoms with van der Waals surface area (Å²) < 4.78 is 0. The first-order chi connectivity index (χ1) is 16.7. The van der Waals surface area contributed by atoms with Crippen molar-refractivity contribution in [1.29, 1.82) is 0 Å². The van der Waals surface area contributed by atoms with E-state index in [0.29, 0.717) is 5.56 Å². The SMILES string of the molecule is C[C@H]1c2ccc(NC(N)=S)c(O)c2C(=O)C2C(=O)[C@]3(O)C(=O)C(C(N)=O)C(=O)[C@@H](N(C)C)C3[C@@H](O)C21. The molecule has 1 amide bonds. The number of ketones is 4. The molecule has 4 rings (SSSR count). The predicted octanol–water partition coefficient (Wildman–Crippen LogP) is -1.95. The van der Waals surface area contributed by atoms with Crippen LogP contribution in [0, 0.1) is 23.7 Å². The molecule has 13 heteroatoms. The van der Waals surface area contributed by atoms with Crippen molar-refractivity contribution in [3.05, 3.63) is 23.3 Å². The van der Waals surface area contributed by atoms with Crippen molar-refractivity contribution in [2.24, 2.45) is 35.1 Å². The summed E-state index contributed by atoms with van der Waals surface area (Å²) in [5, 5.41) is 36.2. The standard InChI is InChI=1S/C23H26N4O8S/c1-6-7-4-5-8(26-22(25)36)15(28)10(7)16(29)11-9(6)17(30)13-14(27(2)3)18(31)12(21(24)34)20(33)23(13,35)19(11)32/h4-6,9,11-14,17,28,30,35H,1-3H3,(H2,24,34)(H3,25,26,36)/t6-,9?,11?,12?,13?,14-,17-,23-/m0/s1. The quantitative estimate of drug-likeness (QED) is 0.146. The molecule has 1 aromatic rings. The van der Waals surface area contributed by atoms with Crippen LogP contribution in [0.15, 0.2) is 12.1 Å². The fraction of sp³-hybridized carbons (Fsp3) is 0.478. The maximum atomic E-state index is 13.8. The van der Waals surface area contributed by atoms with Crippen LogP contribution in [0.1, 0.15) is 28.8 Å². The van der Waals surface area contributed by atoms with E-state index in [1.165, 1.54) is 31.1 Å². The van der Waals surface area contributed by atoms with E-state index in [2.05, 4.69) is 5.32 Å². The van der Waals surface area contributed by atoms with E-state index in [1.807, 2.05) is 0 Å². The number of aliphatic hydroxyl groups excluding tert-OH is 1. The summed E-state index contributed by atoms with van der Waals surface area (Å²) in [6.07, 6.45) is -1.68. The number of fused-ring (bicyclic) bond motifs is 3. The summed E-state index contributed by atoms with van der Waals surface area (Å²) in [4.78, 5) is 67.2. The molecule has 0 aromatic heterocycles. The number of amides is 1. The van der Waals surface area contributed by atoms with Crippen molar-refractivity contribution >= 4 is 52.1 Å². The Morgan fingerprint density at radius 1 is 1.14 bits per heavy atom. The van der Waals surface area contributed by atoms with Crippen molar-refractivity contribution in [1.82, 2.24) is 4.90 Å². The minimum atomic E-state index is -3.04. The number of aliphatic hydroxyl groups is 2. The first-order valence-corrected chi connectivity index (χ1v) is 11.5. The van der Waals surface area contributed by atoms with Crippen molar-refractivity contribution < 1.29 is 39.3 Å². The first-order valence-electron chi connectivity index (χ1n) is 11.1. The van der Waals surface area contributed by atoms with Gasteiger partial charge in [0.25, 0.3) is 0 Å². The molecule has 8 N–H and O–H groups in total. The molecule has 3 aliphatic rings. The summed E-state index contributed by atoms with van der Waals surface area (Å²) in [6.45, 7) is 1.62. The molecule has 0 spiro atoms. The number of carbonyl (C=O) groups is 5. The highest BCUT2D eigenvalue weighted by Gasteiger charge is 2.72. The molecule has 0 radical (unpaired) electrons. The molecule has 12 nitrogen and oxygen atoms in total. The minimum Gasteiger partial charge on any atom is -0.505 e. The van der Waals surface area contributed by atoms with Gasteiger partial charge in [-0.3, -0.25) is 28.9 Å². The number of anilines is 1. The molecule has 4 unspecified atom stereocenters. The topological polar surface area (TPSA) is 213 Å².